The average molecular weight is 460 g/mol. The molecule has 0 aliphatic heterocycles. The minimum atomic E-state index is -2.15. The summed E-state index contributed by atoms with van der Waals surface area (Å²) in [6.07, 6.45) is 0.641. The van der Waals surface area contributed by atoms with E-state index in [9.17, 15) is 18.9 Å². The lowest BCUT2D eigenvalue weighted by atomic mass is 10.2. The molecule has 2 aromatic rings. The molecule has 1 aromatic heterocycles. The highest BCUT2D eigenvalue weighted by Gasteiger charge is 2.15. The first-order chi connectivity index (χ1) is 14.9. The van der Waals surface area contributed by atoms with Crippen LogP contribution in [0.25, 0.3) is 0 Å². The van der Waals surface area contributed by atoms with Gasteiger partial charge in [0.2, 0.25) is 5.82 Å². The van der Waals surface area contributed by atoms with Crippen molar-refractivity contribution < 1.29 is 32.5 Å². The Labute approximate surface area is 179 Å². The Bertz CT molecular complexity index is 905. The van der Waals surface area contributed by atoms with Gasteiger partial charge in [-0.2, -0.15) is 4.39 Å². The number of rotatable bonds is 14. The number of halogens is 1. The second-order valence-electron chi connectivity index (χ2n) is 6.28. The summed E-state index contributed by atoms with van der Waals surface area (Å²) in [5.41, 5.74) is -0.968. The smallest absolute Gasteiger partial charge is 0.330 e. The zero-order valence-corrected chi connectivity index (χ0v) is 18.2. The first kappa shape index (κ1) is 25.1. The quantitative estimate of drug-likeness (QED) is 0.249. The van der Waals surface area contributed by atoms with Crippen LogP contribution in [0.3, 0.4) is 0 Å². The number of methoxy groups -OCH3 is 1. The van der Waals surface area contributed by atoms with E-state index < -0.39 is 31.8 Å². The SMILES string of the molecule is CCOCOc1ccc(COP(O)OCC(CCn2cc(F)c(=O)[nH]c2=O)OC)cc1. The Morgan fingerprint density at radius 3 is 2.65 bits per heavy atom. The van der Waals surface area contributed by atoms with Gasteiger partial charge >= 0.3 is 14.3 Å². The number of hydrogen-bond donors (Lipinski definition) is 2. The normalized spacial score (nSPS) is 13.2. The third-order valence-corrected chi connectivity index (χ3v) is 4.86. The lowest BCUT2D eigenvalue weighted by Crippen LogP contribution is -2.32. The third kappa shape index (κ3) is 8.86. The second kappa shape index (κ2) is 13.3. The number of aryl methyl sites for hydroxylation is 1. The standard InChI is InChI=1S/C19H26FN2O8P/c1-3-27-13-28-15-6-4-14(5-7-15)11-29-31(25)30-12-16(26-2)8-9-22-10-17(20)18(23)21-19(22)24/h4-7,10,16,25H,3,8-9,11-13H2,1-2H3,(H,21,23,24). The Balaban J connectivity index is 1.72. The molecule has 2 unspecified atom stereocenters. The minimum absolute atomic E-state index is 0.00347. The molecule has 2 N–H and O–H groups in total. The molecule has 0 bridgehead atoms. The number of aromatic nitrogens is 2. The van der Waals surface area contributed by atoms with Crippen LogP contribution in [0.5, 0.6) is 5.75 Å². The summed E-state index contributed by atoms with van der Waals surface area (Å²) < 4.78 is 40.7. The van der Waals surface area contributed by atoms with Crippen molar-refractivity contribution in [2.24, 2.45) is 0 Å². The molecule has 12 heteroatoms. The molecule has 2 rings (SSSR count). The summed E-state index contributed by atoms with van der Waals surface area (Å²) in [5, 5.41) is 0. The largest absolute Gasteiger partial charge is 0.468 e. The Kier molecular flexibility index (Phi) is 10.8. The highest BCUT2D eigenvalue weighted by molar-refractivity contribution is 7.40. The van der Waals surface area contributed by atoms with Crippen LogP contribution in [0.2, 0.25) is 0 Å². The zero-order chi connectivity index (χ0) is 22.6. The molecule has 0 fully saturated rings. The van der Waals surface area contributed by atoms with Gasteiger partial charge in [0, 0.05) is 20.3 Å². The lowest BCUT2D eigenvalue weighted by molar-refractivity contribution is 0.0224. The summed E-state index contributed by atoms with van der Waals surface area (Å²) in [6, 6.07) is 7.12. The number of benzene rings is 1. The van der Waals surface area contributed by atoms with E-state index in [1.807, 2.05) is 11.9 Å². The molecule has 1 aromatic carbocycles. The van der Waals surface area contributed by atoms with Gasteiger partial charge in [0.1, 0.15) is 5.75 Å². The van der Waals surface area contributed by atoms with Gasteiger partial charge in [-0.15, -0.1) is 0 Å². The van der Waals surface area contributed by atoms with Crippen LogP contribution < -0.4 is 16.0 Å². The average Bonchev–Trinajstić information content (AvgIpc) is 2.76. The van der Waals surface area contributed by atoms with Gasteiger partial charge in [0.05, 0.1) is 25.5 Å². The fourth-order valence-electron chi connectivity index (χ4n) is 2.39. The summed E-state index contributed by atoms with van der Waals surface area (Å²) in [4.78, 5) is 34.5. The minimum Gasteiger partial charge on any atom is -0.468 e. The Hall–Kier alpha value is -2.14. The van der Waals surface area contributed by atoms with Crippen molar-refractivity contribution in [3.05, 3.63) is 62.7 Å². The molecule has 2 atom stereocenters. The van der Waals surface area contributed by atoms with Gasteiger partial charge in [-0.3, -0.25) is 14.3 Å². The summed E-state index contributed by atoms with van der Waals surface area (Å²) in [7, 11) is -0.705. The zero-order valence-electron chi connectivity index (χ0n) is 17.3. The van der Waals surface area contributed by atoms with E-state index in [1.165, 1.54) is 7.11 Å². The summed E-state index contributed by atoms with van der Waals surface area (Å²) >= 11 is 0. The molecule has 0 saturated carbocycles. The maximum Gasteiger partial charge on any atom is 0.330 e. The predicted molar refractivity (Wildman–Crippen MR) is 110 cm³/mol. The van der Waals surface area contributed by atoms with Crippen LogP contribution in [0.15, 0.2) is 40.1 Å². The molecule has 0 saturated heterocycles. The van der Waals surface area contributed by atoms with E-state index in [0.29, 0.717) is 12.4 Å². The molecular weight excluding hydrogens is 434 g/mol. The molecule has 0 radical (unpaired) electrons. The molecule has 1 heterocycles. The lowest BCUT2D eigenvalue weighted by Gasteiger charge is -2.18. The maximum absolute atomic E-state index is 13.3. The molecule has 0 amide bonds. The first-order valence-electron chi connectivity index (χ1n) is 9.49. The summed E-state index contributed by atoms with van der Waals surface area (Å²) in [6.45, 7) is 2.86. The highest BCUT2D eigenvalue weighted by atomic mass is 31.2. The van der Waals surface area contributed by atoms with Crippen LogP contribution in [-0.2, 0) is 31.7 Å². The van der Waals surface area contributed by atoms with Crippen LogP contribution >= 0.6 is 8.60 Å². The van der Waals surface area contributed by atoms with E-state index in [0.717, 1.165) is 16.3 Å². The number of nitrogens with one attached hydrogen (secondary N) is 1. The maximum atomic E-state index is 13.3. The number of hydrogen-bond acceptors (Lipinski definition) is 8. The van der Waals surface area contributed by atoms with Crippen LogP contribution in [-0.4, -0.2) is 47.7 Å². The van der Waals surface area contributed by atoms with Gasteiger partial charge in [0.25, 0.3) is 5.56 Å². The van der Waals surface area contributed by atoms with Gasteiger partial charge in [-0.25, -0.2) is 4.79 Å². The van der Waals surface area contributed by atoms with Crippen LogP contribution in [0.4, 0.5) is 4.39 Å². The van der Waals surface area contributed by atoms with E-state index in [2.05, 4.69) is 0 Å². The van der Waals surface area contributed by atoms with Gasteiger partial charge in [-0.1, -0.05) is 12.1 Å². The Morgan fingerprint density at radius 2 is 1.97 bits per heavy atom. The molecule has 10 nitrogen and oxygen atoms in total. The van der Waals surface area contributed by atoms with Gasteiger partial charge < -0.3 is 28.2 Å². The fraction of sp³-hybridized carbons (Fsp3) is 0.474. The number of nitrogens with zero attached hydrogens (tertiary/aromatic N) is 1. The third-order valence-electron chi connectivity index (χ3n) is 4.14. The molecular formula is C19H26FN2O8P. The van der Waals surface area contributed by atoms with E-state index in [1.54, 1.807) is 24.3 Å². The number of H-pyrrole nitrogens is 1. The Morgan fingerprint density at radius 1 is 1.23 bits per heavy atom. The van der Waals surface area contributed by atoms with Crippen LogP contribution in [0, 0.1) is 5.82 Å². The van der Waals surface area contributed by atoms with Crippen molar-refractivity contribution in [2.75, 3.05) is 27.1 Å². The van der Waals surface area contributed by atoms with Crippen molar-refractivity contribution in [1.29, 1.82) is 0 Å². The molecule has 0 aliphatic carbocycles. The molecule has 0 spiro atoms. The molecule has 31 heavy (non-hydrogen) atoms. The van der Waals surface area contributed by atoms with Crippen molar-refractivity contribution in [1.82, 2.24) is 9.55 Å². The summed E-state index contributed by atoms with van der Waals surface area (Å²) in [5.74, 6) is -0.393. The second-order valence-corrected chi connectivity index (χ2v) is 7.27. The molecule has 0 aliphatic rings. The van der Waals surface area contributed by atoms with Crippen molar-refractivity contribution in [3.63, 3.8) is 0 Å². The monoisotopic (exact) mass is 460 g/mol. The molecule has 172 valence electrons. The van der Waals surface area contributed by atoms with Crippen LogP contribution in [0.1, 0.15) is 18.9 Å². The van der Waals surface area contributed by atoms with E-state index >= 15 is 0 Å². The fourth-order valence-corrected chi connectivity index (χ4v) is 3.02. The van der Waals surface area contributed by atoms with Crippen molar-refractivity contribution in [2.45, 2.75) is 32.6 Å². The first-order valence-corrected chi connectivity index (χ1v) is 10.6. The van der Waals surface area contributed by atoms with Gasteiger partial charge in [0.15, 0.2) is 6.79 Å². The highest BCUT2D eigenvalue weighted by Crippen LogP contribution is 2.34. The van der Waals surface area contributed by atoms with Gasteiger partial charge in [-0.05, 0) is 31.0 Å². The number of aromatic amines is 1. The number of ether oxygens (including phenoxy) is 3. The van der Waals surface area contributed by atoms with Crippen molar-refractivity contribution >= 4 is 8.60 Å². The van der Waals surface area contributed by atoms with E-state index in [4.69, 9.17) is 23.3 Å². The topological polar surface area (TPSA) is 121 Å². The van der Waals surface area contributed by atoms with E-state index in [-0.39, 0.29) is 33.0 Å². The van der Waals surface area contributed by atoms with Crippen molar-refractivity contribution in [3.8, 4) is 5.75 Å². The predicted octanol–water partition coefficient (Wildman–Crippen LogP) is 1.91.